The van der Waals surface area contributed by atoms with Crippen molar-refractivity contribution in [2.75, 3.05) is 46.9 Å². The van der Waals surface area contributed by atoms with Crippen LogP contribution in [0.3, 0.4) is 0 Å². The van der Waals surface area contributed by atoms with Gasteiger partial charge in [-0.25, -0.2) is 0 Å². The summed E-state index contributed by atoms with van der Waals surface area (Å²) in [5, 5.41) is 6.73. The van der Waals surface area contributed by atoms with E-state index in [1.165, 1.54) is 38.9 Å². The number of para-hydroxylation sites is 2. The molecule has 0 saturated carbocycles. The van der Waals surface area contributed by atoms with Gasteiger partial charge in [0.2, 0.25) is 0 Å². The van der Waals surface area contributed by atoms with Crippen LogP contribution in [0.2, 0.25) is 0 Å². The van der Waals surface area contributed by atoms with Crippen LogP contribution in [0.25, 0.3) is 0 Å². The van der Waals surface area contributed by atoms with Crippen LogP contribution < -0.4 is 20.1 Å². The lowest BCUT2D eigenvalue weighted by atomic mass is 9.99. The average Bonchev–Trinajstić information content (AvgIpc) is 2.71. The predicted octanol–water partition coefficient (Wildman–Crippen LogP) is 3.14. The number of nitrogens with one attached hydrogen (secondary N) is 2. The van der Waals surface area contributed by atoms with Crippen molar-refractivity contribution in [3.05, 3.63) is 24.3 Å². The molecule has 1 aromatic carbocycles. The van der Waals surface area contributed by atoms with E-state index < -0.39 is 0 Å². The van der Waals surface area contributed by atoms with Crippen molar-refractivity contribution in [3.63, 3.8) is 0 Å². The fourth-order valence-electron chi connectivity index (χ4n) is 3.39. The molecule has 1 aliphatic rings. The van der Waals surface area contributed by atoms with Crippen molar-refractivity contribution in [3.8, 4) is 11.5 Å². The van der Waals surface area contributed by atoms with Gasteiger partial charge in [0.25, 0.3) is 0 Å². The molecule has 0 spiro atoms. The molecule has 6 heteroatoms. The average molecular weight is 391 g/mol. The van der Waals surface area contributed by atoms with Crippen molar-refractivity contribution >= 4 is 5.96 Å². The number of ether oxygens (including phenoxy) is 2. The van der Waals surface area contributed by atoms with E-state index in [0.29, 0.717) is 6.54 Å². The van der Waals surface area contributed by atoms with Crippen LogP contribution in [0, 0.1) is 5.92 Å². The van der Waals surface area contributed by atoms with E-state index in [9.17, 15) is 0 Å². The first-order valence-electron chi connectivity index (χ1n) is 10.6. The number of rotatable bonds is 10. The predicted molar refractivity (Wildman–Crippen MR) is 117 cm³/mol. The van der Waals surface area contributed by atoms with Gasteiger partial charge in [-0.15, -0.1) is 0 Å². The van der Waals surface area contributed by atoms with Crippen LogP contribution in [0.1, 0.15) is 39.5 Å². The summed E-state index contributed by atoms with van der Waals surface area (Å²) in [4.78, 5) is 6.90. The number of hydrogen-bond donors (Lipinski definition) is 2. The molecule has 28 heavy (non-hydrogen) atoms. The second-order valence-corrected chi connectivity index (χ2v) is 7.69. The van der Waals surface area contributed by atoms with E-state index in [4.69, 9.17) is 9.47 Å². The Labute approximate surface area is 170 Å². The Morgan fingerprint density at radius 3 is 2.57 bits per heavy atom. The minimum Gasteiger partial charge on any atom is -0.493 e. The Balaban J connectivity index is 1.59. The number of nitrogens with zero attached hydrogens (tertiary/aromatic N) is 2. The van der Waals surface area contributed by atoms with E-state index in [1.807, 2.05) is 31.2 Å². The maximum atomic E-state index is 5.97. The maximum Gasteiger partial charge on any atom is 0.191 e. The van der Waals surface area contributed by atoms with Gasteiger partial charge in [-0.3, -0.25) is 4.99 Å². The highest BCUT2D eigenvalue weighted by atomic mass is 16.5. The van der Waals surface area contributed by atoms with Crippen molar-refractivity contribution in [2.45, 2.75) is 45.6 Å². The fourth-order valence-corrected chi connectivity index (χ4v) is 3.39. The van der Waals surface area contributed by atoms with Crippen LogP contribution in [0.4, 0.5) is 0 Å². The number of aliphatic imine (C=N–C) groups is 1. The summed E-state index contributed by atoms with van der Waals surface area (Å²) in [5.74, 6) is 3.23. The molecule has 1 fully saturated rings. The highest BCUT2D eigenvalue weighted by molar-refractivity contribution is 5.79. The summed E-state index contributed by atoms with van der Waals surface area (Å²) in [7, 11) is 3.46. The lowest BCUT2D eigenvalue weighted by Crippen LogP contribution is -2.42. The smallest absolute Gasteiger partial charge is 0.191 e. The molecular weight excluding hydrogens is 352 g/mol. The summed E-state index contributed by atoms with van der Waals surface area (Å²) >= 11 is 0. The van der Waals surface area contributed by atoms with Crippen LogP contribution in [0.15, 0.2) is 29.3 Å². The zero-order valence-corrected chi connectivity index (χ0v) is 18.0. The standard InChI is InChI=1S/C22H38N4O2/c1-18-11-15-26(16-12-18)14-8-7-13-24-22(23-3)25-17-19(2)28-21-10-6-5-9-20(21)27-4/h5-6,9-10,18-19H,7-8,11-17H2,1-4H3,(H2,23,24,25). The number of unbranched alkanes of at least 4 members (excludes halogenated alkanes) is 1. The Hall–Kier alpha value is -1.95. The molecule has 1 heterocycles. The summed E-state index contributed by atoms with van der Waals surface area (Å²) in [6, 6.07) is 7.71. The van der Waals surface area contributed by atoms with Crippen LogP contribution in [-0.2, 0) is 0 Å². The van der Waals surface area contributed by atoms with E-state index in [2.05, 4.69) is 27.4 Å². The molecule has 0 aromatic heterocycles. The third-order valence-electron chi connectivity index (χ3n) is 5.25. The molecule has 6 nitrogen and oxygen atoms in total. The highest BCUT2D eigenvalue weighted by Gasteiger charge is 2.14. The molecule has 0 aliphatic carbocycles. The van der Waals surface area contributed by atoms with Crippen molar-refractivity contribution < 1.29 is 9.47 Å². The van der Waals surface area contributed by atoms with Crippen LogP contribution >= 0.6 is 0 Å². The molecule has 1 unspecified atom stereocenters. The molecule has 2 rings (SSSR count). The lowest BCUT2D eigenvalue weighted by molar-refractivity contribution is 0.189. The largest absolute Gasteiger partial charge is 0.493 e. The second kappa shape index (κ2) is 12.5. The van der Waals surface area contributed by atoms with Crippen LogP contribution in [-0.4, -0.2) is 63.8 Å². The van der Waals surface area contributed by atoms with Gasteiger partial charge >= 0.3 is 0 Å². The first-order valence-corrected chi connectivity index (χ1v) is 10.6. The second-order valence-electron chi connectivity index (χ2n) is 7.69. The van der Waals surface area contributed by atoms with E-state index in [-0.39, 0.29) is 6.10 Å². The molecule has 0 bridgehead atoms. The molecule has 1 aromatic rings. The third-order valence-corrected chi connectivity index (χ3v) is 5.25. The Kier molecular flexibility index (Phi) is 9.97. The van der Waals surface area contributed by atoms with Crippen molar-refractivity contribution in [2.24, 2.45) is 10.9 Å². The maximum absolute atomic E-state index is 5.97. The van der Waals surface area contributed by atoms with E-state index in [1.54, 1.807) is 14.2 Å². The Morgan fingerprint density at radius 1 is 1.18 bits per heavy atom. The third kappa shape index (κ3) is 7.97. The molecule has 0 radical (unpaired) electrons. The number of hydrogen-bond acceptors (Lipinski definition) is 4. The number of guanidine groups is 1. The summed E-state index contributed by atoms with van der Waals surface area (Å²) < 4.78 is 11.3. The number of piperidine rings is 1. The fraction of sp³-hybridized carbons (Fsp3) is 0.682. The first-order chi connectivity index (χ1) is 13.6. The minimum atomic E-state index is -0.00339. The van der Waals surface area contributed by atoms with Gasteiger partial charge in [0, 0.05) is 13.6 Å². The zero-order chi connectivity index (χ0) is 20.2. The number of benzene rings is 1. The molecule has 1 aliphatic heterocycles. The molecule has 2 N–H and O–H groups in total. The van der Waals surface area contributed by atoms with Gasteiger partial charge in [0.15, 0.2) is 17.5 Å². The number of methoxy groups -OCH3 is 1. The summed E-state index contributed by atoms with van der Waals surface area (Å²) in [5.41, 5.74) is 0. The van der Waals surface area contributed by atoms with Gasteiger partial charge in [0.1, 0.15) is 6.10 Å². The molecule has 1 saturated heterocycles. The van der Waals surface area contributed by atoms with E-state index >= 15 is 0 Å². The van der Waals surface area contributed by atoms with Crippen molar-refractivity contribution in [1.29, 1.82) is 0 Å². The van der Waals surface area contributed by atoms with Gasteiger partial charge < -0.3 is 25.0 Å². The quantitative estimate of drug-likeness (QED) is 0.365. The first kappa shape index (κ1) is 22.3. The summed E-state index contributed by atoms with van der Waals surface area (Å²) in [6.45, 7) is 9.75. The molecular formula is C22H38N4O2. The molecule has 0 amide bonds. The highest BCUT2D eigenvalue weighted by Crippen LogP contribution is 2.26. The van der Waals surface area contributed by atoms with E-state index in [0.717, 1.165) is 36.3 Å². The van der Waals surface area contributed by atoms with Gasteiger partial charge in [-0.1, -0.05) is 19.1 Å². The SMILES string of the molecule is CN=C(NCCCCN1CCC(C)CC1)NCC(C)Oc1ccccc1OC. The minimum absolute atomic E-state index is 0.00339. The van der Waals surface area contributed by atoms with Crippen LogP contribution in [0.5, 0.6) is 11.5 Å². The Bertz CT molecular complexity index is 586. The summed E-state index contributed by atoms with van der Waals surface area (Å²) in [6.07, 6.45) is 5.08. The van der Waals surface area contributed by atoms with Gasteiger partial charge in [-0.05, 0) is 70.3 Å². The number of likely N-dealkylation sites (tertiary alicyclic amines) is 1. The van der Waals surface area contributed by atoms with Crippen molar-refractivity contribution in [1.82, 2.24) is 15.5 Å². The van der Waals surface area contributed by atoms with Gasteiger partial charge in [0.05, 0.1) is 13.7 Å². The lowest BCUT2D eigenvalue weighted by Gasteiger charge is -2.30. The topological polar surface area (TPSA) is 58.1 Å². The monoisotopic (exact) mass is 390 g/mol. The molecule has 158 valence electrons. The Morgan fingerprint density at radius 2 is 1.89 bits per heavy atom. The normalized spacial score (nSPS) is 17.2. The zero-order valence-electron chi connectivity index (χ0n) is 18.0. The molecule has 1 atom stereocenters. The van der Waals surface area contributed by atoms with Gasteiger partial charge in [-0.2, -0.15) is 0 Å².